The van der Waals surface area contributed by atoms with E-state index in [4.69, 9.17) is 0 Å². The van der Waals surface area contributed by atoms with Crippen molar-refractivity contribution in [2.24, 2.45) is 5.92 Å². The number of thiophene rings is 1. The van der Waals surface area contributed by atoms with E-state index in [0.717, 1.165) is 0 Å². The van der Waals surface area contributed by atoms with Gasteiger partial charge in [0, 0.05) is 23.6 Å². The number of aromatic amines is 1. The molecule has 2 aromatic heterocycles. The highest BCUT2D eigenvalue weighted by Crippen LogP contribution is 2.34. The van der Waals surface area contributed by atoms with Gasteiger partial charge in [-0.15, -0.1) is 11.3 Å². The second kappa shape index (κ2) is 5.81. The summed E-state index contributed by atoms with van der Waals surface area (Å²) in [5.74, 6) is -0.496. The predicted molar refractivity (Wildman–Crippen MR) is 80.9 cm³/mol. The summed E-state index contributed by atoms with van der Waals surface area (Å²) in [7, 11) is 0. The monoisotopic (exact) mass is 324 g/mol. The molecule has 8 heteroatoms. The number of hydrogen-bond donors (Lipinski definition) is 4. The third-order valence-corrected chi connectivity index (χ3v) is 5.02. The van der Waals surface area contributed by atoms with Gasteiger partial charge in [-0.1, -0.05) is 6.07 Å². The van der Waals surface area contributed by atoms with Crippen molar-refractivity contribution >= 4 is 11.3 Å². The molecule has 1 aliphatic rings. The van der Waals surface area contributed by atoms with Crippen LogP contribution < -0.4 is 11.2 Å². The molecule has 1 aliphatic carbocycles. The van der Waals surface area contributed by atoms with Crippen molar-refractivity contribution in [1.29, 1.82) is 0 Å². The lowest BCUT2D eigenvalue weighted by atomic mass is 10.1. The van der Waals surface area contributed by atoms with Crippen molar-refractivity contribution < 1.29 is 15.3 Å². The van der Waals surface area contributed by atoms with E-state index >= 15 is 0 Å². The van der Waals surface area contributed by atoms with Crippen molar-refractivity contribution in [3.8, 4) is 10.4 Å². The first-order valence-corrected chi connectivity index (χ1v) is 7.77. The Bertz CT molecular complexity index is 766. The molecule has 22 heavy (non-hydrogen) atoms. The highest BCUT2D eigenvalue weighted by atomic mass is 32.1. The first kappa shape index (κ1) is 15.2. The summed E-state index contributed by atoms with van der Waals surface area (Å²) < 4.78 is 1.24. The summed E-state index contributed by atoms with van der Waals surface area (Å²) in [6, 6.07) is 2.88. The zero-order chi connectivity index (χ0) is 15.9. The van der Waals surface area contributed by atoms with Crippen LogP contribution in [0.4, 0.5) is 0 Å². The van der Waals surface area contributed by atoms with E-state index in [0.29, 0.717) is 10.4 Å². The Morgan fingerprint density at radius 3 is 2.68 bits per heavy atom. The number of aliphatic hydroxyl groups is 3. The maximum Gasteiger partial charge on any atom is 0.328 e. The molecule has 3 rings (SSSR count). The van der Waals surface area contributed by atoms with Crippen LogP contribution in [0.25, 0.3) is 10.4 Å². The summed E-state index contributed by atoms with van der Waals surface area (Å²) in [6.07, 6.45) is -0.599. The van der Waals surface area contributed by atoms with E-state index in [1.54, 1.807) is 12.1 Å². The van der Waals surface area contributed by atoms with Gasteiger partial charge in [0.1, 0.15) is 6.10 Å². The second-order valence-electron chi connectivity index (χ2n) is 5.41. The molecule has 2 aromatic rings. The molecule has 1 fully saturated rings. The Balaban J connectivity index is 2.07. The summed E-state index contributed by atoms with van der Waals surface area (Å²) in [4.78, 5) is 27.0. The van der Waals surface area contributed by atoms with E-state index in [1.807, 2.05) is 5.38 Å². The van der Waals surface area contributed by atoms with Crippen LogP contribution in [0.2, 0.25) is 0 Å². The standard InChI is InChI=1S/C14H16N2O5S/c17-6-7-4-9(12(19)11(7)18)16-5-8(10-2-1-3-22-10)13(20)15-14(16)21/h1-3,5,7,9,11-12,17-19H,4,6H2,(H,15,20,21)/t7-,9-,11+,12-/m1/s1. The molecule has 4 N–H and O–H groups in total. The van der Waals surface area contributed by atoms with Crippen molar-refractivity contribution in [2.45, 2.75) is 24.7 Å². The minimum atomic E-state index is -1.17. The van der Waals surface area contributed by atoms with Crippen molar-refractivity contribution in [3.63, 3.8) is 0 Å². The fourth-order valence-corrected chi connectivity index (χ4v) is 3.63. The normalized spacial score (nSPS) is 28.1. The number of rotatable bonds is 3. The zero-order valence-corrected chi connectivity index (χ0v) is 12.4. The van der Waals surface area contributed by atoms with Crippen LogP contribution in [0.3, 0.4) is 0 Å². The molecule has 0 bridgehead atoms. The van der Waals surface area contributed by atoms with Gasteiger partial charge in [0.15, 0.2) is 0 Å². The van der Waals surface area contributed by atoms with E-state index in [1.165, 1.54) is 22.1 Å². The Morgan fingerprint density at radius 2 is 2.09 bits per heavy atom. The highest BCUT2D eigenvalue weighted by Gasteiger charge is 2.42. The molecule has 2 heterocycles. The number of aliphatic hydroxyl groups excluding tert-OH is 3. The Morgan fingerprint density at radius 1 is 1.32 bits per heavy atom. The molecule has 0 spiro atoms. The van der Waals surface area contributed by atoms with E-state index in [-0.39, 0.29) is 13.0 Å². The molecular weight excluding hydrogens is 308 g/mol. The van der Waals surface area contributed by atoms with Gasteiger partial charge in [0.2, 0.25) is 0 Å². The topological polar surface area (TPSA) is 116 Å². The minimum Gasteiger partial charge on any atom is -0.396 e. The van der Waals surface area contributed by atoms with Crippen LogP contribution >= 0.6 is 11.3 Å². The smallest absolute Gasteiger partial charge is 0.328 e. The fraction of sp³-hybridized carbons (Fsp3) is 0.429. The van der Waals surface area contributed by atoms with Crippen LogP contribution in [0.5, 0.6) is 0 Å². The molecule has 0 unspecified atom stereocenters. The first-order valence-electron chi connectivity index (χ1n) is 6.89. The number of nitrogens with one attached hydrogen (secondary N) is 1. The molecule has 0 saturated heterocycles. The Labute approximate surface area is 129 Å². The summed E-state index contributed by atoms with van der Waals surface area (Å²) in [6.45, 7) is -0.273. The number of hydrogen-bond acceptors (Lipinski definition) is 6. The molecule has 0 aliphatic heterocycles. The minimum absolute atomic E-state index is 0.259. The fourth-order valence-electron chi connectivity index (χ4n) is 2.90. The lowest BCUT2D eigenvalue weighted by Gasteiger charge is -2.19. The number of H-pyrrole nitrogens is 1. The van der Waals surface area contributed by atoms with Crippen LogP contribution in [0.15, 0.2) is 33.3 Å². The average molecular weight is 324 g/mol. The summed E-state index contributed by atoms with van der Waals surface area (Å²) in [5, 5.41) is 31.1. The largest absolute Gasteiger partial charge is 0.396 e. The third-order valence-electron chi connectivity index (χ3n) is 4.12. The maximum atomic E-state index is 12.1. The molecule has 0 amide bonds. The lowest BCUT2D eigenvalue weighted by molar-refractivity contribution is -0.00454. The second-order valence-corrected chi connectivity index (χ2v) is 6.36. The van der Waals surface area contributed by atoms with Gasteiger partial charge in [-0.05, 0) is 17.9 Å². The van der Waals surface area contributed by atoms with Gasteiger partial charge in [0.25, 0.3) is 5.56 Å². The maximum absolute atomic E-state index is 12.1. The van der Waals surface area contributed by atoms with Crippen LogP contribution in [0, 0.1) is 5.92 Å². The lowest BCUT2D eigenvalue weighted by Crippen LogP contribution is -2.37. The van der Waals surface area contributed by atoms with Gasteiger partial charge in [-0.2, -0.15) is 0 Å². The molecule has 4 atom stereocenters. The van der Waals surface area contributed by atoms with E-state index in [2.05, 4.69) is 4.98 Å². The number of nitrogens with zero attached hydrogens (tertiary/aromatic N) is 1. The molecule has 1 saturated carbocycles. The van der Waals surface area contributed by atoms with Gasteiger partial charge >= 0.3 is 5.69 Å². The summed E-state index contributed by atoms with van der Waals surface area (Å²) >= 11 is 1.37. The van der Waals surface area contributed by atoms with Gasteiger partial charge < -0.3 is 15.3 Å². The van der Waals surface area contributed by atoms with Crippen molar-refractivity contribution in [3.05, 3.63) is 44.5 Å². The molecule has 118 valence electrons. The molecular formula is C14H16N2O5S. The van der Waals surface area contributed by atoms with Gasteiger partial charge in [0.05, 0.1) is 17.7 Å². The Hall–Kier alpha value is -1.74. The van der Waals surface area contributed by atoms with Crippen molar-refractivity contribution in [1.82, 2.24) is 9.55 Å². The SMILES string of the molecule is O=c1[nH]c(=O)n([C@@H]2C[C@H](CO)[C@H](O)[C@@H]2O)cc1-c1cccs1. The van der Waals surface area contributed by atoms with E-state index < -0.39 is 35.4 Å². The molecule has 0 aromatic carbocycles. The first-order chi connectivity index (χ1) is 10.5. The average Bonchev–Trinajstić information content (AvgIpc) is 3.10. The zero-order valence-electron chi connectivity index (χ0n) is 11.5. The highest BCUT2D eigenvalue weighted by molar-refractivity contribution is 7.13. The quantitative estimate of drug-likeness (QED) is 0.610. The third kappa shape index (κ3) is 2.44. The Kier molecular flexibility index (Phi) is 4.00. The van der Waals surface area contributed by atoms with Gasteiger partial charge in [-0.3, -0.25) is 14.3 Å². The molecule has 7 nitrogen and oxygen atoms in total. The predicted octanol–water partition coefficient (Wildman–Crippen LogP) is -0.460. The van der Waals surface area contributed by atoms with Crippen LogP contribution in [-0.4, -0.2) is 43.7 Å². The van der Waals surface area contributed by atoms with Crippen LogP contribution in [0.1, 0.15) is 12.5 Å². The van der Waals surface area contributed by atoms with Crippen LogP contribution in [-0.2, 0) is 0 Å². The molecule has 0 radical (unpaired) electrons. The van der Waals surface area contributed by atoms with Gasteiger partial charge in [-0.25, -0.2) is 4.79 Å². The van der Waals surface area contributed by atoms with E-state index in [9.17, 15) is 24.9 Å². The van der Waals surface area contributed by atoms with Crippen molar-refractivity contribution in [2.75, 3.05) is 6.61 Å². The summed E-state index contributed by atoms with van der Waals surface area (Å²) in [5.41, 5.74) is -0.792. The number of aromatic nitrogens is 2.